The van der Waals surface area contributed by atoms with E-state index < -0.39 is 17.9 Å². The van der Waals surface area contributed by atoms with Gasteiger partial charge in [-0.3, -0.25) is 9.59 Å². The smallest absolute Gasteiger partial charge is 0.309 e. The van der Waals surface area contributed by atoms with Crippen molar-refractivity contribution in [2.45, 2.75) is 19.1 Å². The molecule has 1 heterocycles. The number of hydrogen-bond donors (Lipinski definition) is 2. The van der Waals surface area contributed by atoms with Crippen LogP contribution in [0.5, 0.6) is 0 Å². The molecule has 23 heavy (non-hydrogen) atoms. The number of nitrogens with one attached hydrogen (secondary N) is 2. The minimum atomic E-state index is -0.707. The Labute approximate surface area is 134 Å². The first kappa shape index (κ1) is 16.8. The first-order valence-electron chi connectivity index (χ1n) is 7.31. The number of carbonyl (C=O) groups excluding carboxylic acids is 2. The van der Waals surface area contributed by atoms with Gasteiger partial charge in [0.2, 0.25) is 0 Å². The van der Waals surface area contributed by atoms with Crippen molar-refractivity contribution in [3.05, 3.63) is 60.1 Å². The van der Waals surface area contributed by atoms with Gasteiger partial charge in [0.25, 0.3) is 0 Å². The number of carbonyl (C=O) groups is 2. The minimum absolute atomic E-state index is 0.149. The molecule has 0 saturated heterocycles. The van der Waals surface area contributed by atoms with Crippen LogP contribution in [0, 0.1) is 0 Å². The molecule has 0 aliphatic rings. The molecule has 6 heteroatoms. The molecule has 2 N–H and O–H groups in total. The zero-order valence-electron chi connectivity index (χ0n) is 13.1. The van der Waals surface area contributed by atoms with Gasteiger partial charge < -0.3 is 19.8 Å². The van der Waals surface area contributed by atoms with Gasteiger partial charge in [-0.2, -0.15) is 0 Å². The molecule has 2 aromatic rings. The van der Waals surface area contributed by atoms with Crippen LogP contribution in [-0.4, -0.2) is 25.5 Å². The lowest BCUT2D eigenvalue weighted by atomic mass is 10.1. The Morgan fingerprint density at radius 3 is 2.48 bits per heavy atom. The molecular formula is C17H20N2O4. The monoisotopic (exact) mass is 316 g/mol. The lowest BCUT2D eigenvalue weighted by Gasteiger charge is -2.16. The van der Waals surface area contributed by atoms with E-state index in [9.17, 15) is 9.59 Å². The normalized spacial score (nSPS) is 13.1. The predicted octanol–water partition coefficient (Wildman–Crippen LogP) is 1.96. The van der Waals surface area contributed by atoms with E-state index in [4.69, 9.17) is 9.15 Å². The van der Waals surface area contributed by atoms with E-state index in [0.717, 1.165) is 5.56 Å². The molecule has 2 rings (SSSR count). The van der Waals surface area contributed by atoms with E-state index >= 15 is 0 Å². The third kappa shape index (κ3) is 4.69. The first-order chi connectivity index (χ1) is 11.1. The van der Waals surface area contributed by atoms with E-state index in [0.29, 0.717) is 5.76 Å². The number of methoxy groups -OCH3 is 1. The maximum absolute atomic E-state index is 11.9. The molecule has 0 saturated carbocycles. The Hall–Kier alpha value is -2.60. The molecule has 2 atom stereocenters. The van der Waals surface area contributed by atoms with Crippen LogP contribution in [0.2, 0.25) is 0 Å². The van der Waals surface area contributed by atoms with Crippen molar-refractivity contribution in [3.63, 3.8) is 0 Å². The van der Waals surface area contributed by atoms with E-state index in [1.54, 1.807) is 12.1 Å². The topological polar surface area (TPSA) is 80.6 Å². The average molecular weight is 316 g/mol. The van der Waals surface area contributed by atoms with Crippen molar-refractivity contribution < 1.29 is 18.7 Å². The molecule has 0 bridgehead atoms. The maximum atomic E-state index is 11.9. The maximum Gasteiger partial charge on any atom is 0.309 e. The second kappa shape index (κ2) is 8.14. The van der Waals surface area contributed by atoms with Gasteiger partial charge in [0.05, 0.1) is 18.8 Å². The Kier molecular flexibility index (Phi) is 5.94. The SMILES string of the molecule is CO[C@H](CNC(=O)C(=O)N[C@H](C)c1ccccc1)c1ccco1. The van der Waals surface area contributed by atoms with Crippen molar-refractivity contribution in [3.8, 4) is 0 Å². The molecule has 2 amide bonds. The zero-order chi connectivity index (χ0) is 16.7. The summed E-state index contributed by atoms with van der Waals surface area (Å²) < 4.78 is 10.5. The van der Waals surface area contributed by atoms with Crippen molar-refractivity contribution >= 4 is 11.8 Å². The summed E-state index contributed by atoms with van der Waals surface area (Å²) >= 11 is 0. The molecule has 0 fully saturated rings. The van der Waals surface area contributed by atoms with E-state index in [1.165, 1.54) is 13.4 Å². The van der Waals surface area contributed by atoms with Crippen LogP contribution in [0.15, 0.2) is 53.1 Å². The lowest BCUT2D eigenvalue weighted by molar-refractivity contribution is -0.139. The summed E-state index contributed by atoms with van der Waals surface area (Å²) in [5.74, 6) is -0.803. The van der Waals surface area contributed by atoms with Gasteiger partial charge in [-0.1, -0.05) is 30.3 Å². The first-order valence-corrected chi connectivity index (χ1v) is 7.31. The fourth-order valence-corrected chi connectivity index (χ4v) is 2.13. The number of benzene rings is 1. The molecule has 122 valence electrons. The fourth-order valence-electron chi connectivity index (χ4n) is 2.13. The van der Waals surface area contributed by atoms with Gasteiger partial charge in [-0.05, 0) is 24.6 Å². The molecule has 0 aliphatic heterocycles. The summed E-state index contributed by atoms with van der Waals surface area (Å²) in [5.41, 5.74) is 0.930. The minimum Gasteiger partial charge on any atom is -0.467 e. The number of amides is 2. The highest BCUT2D eigenvalue weighted by Crippen LogP contribution is 2.15. The lowest BCUT2D eigenvalue weighted by Crippen LogP contribution is -2.42. The second-order valence-corrected chi connectivity index (χ2v) is 5.06. The van der Waals surface area contributed by atoms with Crippen molar-refractivity contribution in [2.24, 2.45) is 0 Å². The van der Waals surface area contributed by atoms with Gasteiger partial charge in [0.1, 0.15) is 11.9 Å². The quantitative estimate of drug-likeness (QED) is 0.798. The van der Waals surface area contributed by atoms with Gasteiger partial charge in [0, 0.05) is 7.11 Å². The molecule has 6 nitrogen and oxygen atoms in total. The molecule has 0 spiro atoms. The van der Waals surface area contributed by atoms with Crippen LogP contribution >= 0.6 is 0 Å². The Balaban J connectivity index is 1.84. The highest BCUT2D eigenvalue weighted by atomic mass is 16.5. The highest BCUT2D eigenvalue weighted by Gasteiger charge is 2.20. The van der Waals surface area contributed by atoms with Gasteiger partial charge in [0.15, 0.2) is 0 Å². The zero-order valence-corrected chi connectivity index (χ0v) is 13.1. The fraction of sp³-hybridized carbons (Fsp3) is 0.294. The van der Waals surface area contributed by atoms with Crippen LogP contribution in [0.1, 0.15) is 30.4 Å². The second-order valence-electron chi connectivity index (χ2n) is 5.06. The van der Waals surface area contributed by atoms with E-state index in [2.05, 4.69) is 10.6 Å². The molecule has 1 aromatic carbocycles. The van der Waals surface area contributed by atoms with E-state index in [1.807, 2.05) is 37.3 Å². The summed E-state index contributed by atoms with van der Waals surface area (Å²) in [4.78, 5) is 23.8. The molecule has 0 radical (unpaired) electrons. The van der Waals surface area contributed by atoms with Gasteiger partial charge >= 0.3 is 11.8 Å². The predicted molar refractivity (Wildman–Crippen MR) is 84.5 cm³/mol. The largest absolute Gasteiger partial charge is 0.467 e. The molecule has 1 aromatic heterocycles. The molecular weight excluding hydrogens is 296 g/mol. The number of ether oxygens (including phenoxy) is 1. The standard InChI is InChI=1S/C17H20N2O4/c1-12(13-7-4-3-5-8-13)19-17(21)16(20)18-11-15(22-2)14-9-6-10-23-14/h3-10,12,15H,11H2,1-2H3,(H,18,20)(H,19,21)/t12-,15-/m1/s1. The third-order valence-corrected chi connectivity index (χ3v) is 3.45. The molecule has 0 aliphatic carbocycles. The average Bonchev–Trinajstić information content (AvgIpc) is 3.10. The van der Waals surface area contributed by atoms with Crippen LogP contribution in [0.25, 0.3) is 0 Å². The summed E-state index contributed by atoms with van der Waals surface area (Å²) in [6.45, 7) is 1.97. The number of rotatable bonds is 6. The molecule has 0 unspecified atom stereocenters. The summed E-state index contributed by atoms with van der Waals surface area (Å²) in [7, 11) is 1.51. The van der Waals surface area contributed by atoms with Crippen LogP contribution < -0.4 is 10.6 Å². The van der Waals surface area contributed by atoms with Crippen molar-refractivity contribution in [1.29, 1.82) is 0 Å². The van der Waals surface area contributed by atoms with Crippen molar-refractivity contribution in [1.82, 2.24) is 10.6 Å². The number of furan rings is 1. The van der Waals surface area contributed by atoms with Gasteiger partial charge in [-0.15, -0.1) is 0 Å². The number of hydrogen-bond acceptors (Lipinski definition) is 4. The third-order valence-electron chi connectivity index (χ3n) is 3.45. The Morgan fingerprint density at radius 2 is 1.87 bits per heavy atom. The highest BCUT2D eigenvalue weighted by molar-refractivity contribution is 6.35. The van der Waals surface area contributed by atoms with Crippen LogP contribution in [-0.2, 0) is 14.3 Å². The Morgan fingerprint density at radius 1 is 1.13 bits per heavy atom. The van der Waals surface area contributed by atoms with Crippen molar-refractivity contribution in [2.75, 3.05) is 13.7 Å². The van der Waals surface area contributed by atoms with E-state index in [-0.39, 0.29) is 12.6 Å². The van der Waals surface area contributed by atoms with Crippen LogP contribution in [0.4, 0.5) is 0 Å². The Bertz CT molecular complexity index is 625. The van der Waals surface area contributed by atoms with Crippen LogP contribution in [0.3, 0.4) is 0 Å². The van der Waals surface area contributed by atoms with Gasteiger partial charge in [-0.25, -0.2) is 0 Å². The summed E-state index contributed by atoms with van der Waals surface area (Å²) in [5, 5.41) is 5.20. The summed E-state index contributed by atoms with van der Waals surface area (Å²) in [6, 6.07) is 12.7. The summed E-state index contributed by atoms with van der Waals surface area (Å²) in [6.07, 6.45) is 1.09.